The molecular weight excluding hydrogens is 754 g/mol. The first kappa shape index (κ1) is 23.1. The summed E-state index contributed by atoms with van der Waals surface area (Å²) in [6.45, 7) is 0. The van der Waals surface area contributed by atoms with E-state index in [2.05, 4.69) is 0 Å². The van der Waals surface area contributed by atoms with Gasteiger partial charge in [-0.2, -0.15) is 0 Å². The van der Waals surface area contributed by atoms with E-state index in [1.807, 2.05) is 0 Å². The Balaban J connectivity index is -0.0000000300. The summed E-state index contributed by atoms with van der Waals surface area (Å²) >= 11 is -8.19. The molecule has 0 rings (SSSR count). The van der Waals surface area contributed by atoms with E-state index in [9.17, 15) is 0 Å². The Labute approximate surface area is 126 Å². The molecule has 0 radical (unpaired) electrons. The molecule has 0 atom stereocenters. The van der Waals surface area contributed by atoms with E-state index in [4.69, 9.17) is 20.2 Å². The van der Waals surface area contributed by atoms with Gasteiger partial charge in [-0.3, -0.25) is 0 Å². The Morgan fingerprint density at radius 1 is 0.800 bits per heavy atom. The zero-order chi connectivity index (χ0) is 7.15. The van der Waals surface area contributed by atoms with Crippen LogP contribution in [0.25, 0.3) is 0 Å². The average molecular weight is 762 g/mol. The fraction of sp³-hybridized carbons (Fsp3) is 0. The van der Waals surface area contributed by atoms with E-state index < -0.39 is 37.6 Å². The number of hydrogen-bond acceptors (Lipinski definition) is 4. The molecule has 0 heterocycles. The van der Waals surface area contributed by atoms with E-state index in [0.29, 0.717) is 0 Å². The van der Waals surface area contributed by atoms with Crippen molar-refractivity contribution in [3.63, 3.8) is 0 Å². The summed E-state index contributed by atoms with van der Waals surface area (Å²) in [5.41, 5.74) is 0. The van der Waals surface area contributed by atoms with Crippen molar-refractivity contribution in [3.8, 4) is 0 Å². The van der Waals surface area contributed by atoms with Crippen molar-refractivity contribution in [2.75, 3.05) is 0 Å². The monoisotopic (exact) mass is 762 g/mol. The minimum absolute atomic E-state index is 0. The molecule has 2 N–H and O–H groups in total. The summed E-state index contributed by atoms with van der Waals surface area (Å²) in [4.78, 5) is 0. The summed E-state index contributed by atoms with van der Waals surface area (Å²) in [6.07, 6.45) is 0. The van der Waals surface area contributed by atoms with Crippen molar-refractivity contribution in [2.45, 2.75) is 0 Å². The van der Waals surface area contributed by atoms with E-state index in [1.165, 1.54) is 0 Å². The number of hydrogen-bond donors (Lipinski definition) is 2. The second kappa shape index (κ2) is 17.9. The van der Waals surface area contributed by atoms with Crippen molar-refractivity contribution in [1.82, 2.24) is 0 Å². The first-order valence-corrected chi connectivity index (χ1v) is 9.25. The summed E-state index contributed by atoms with van der Waals surface area (Å²) in [5, 5.41) is 0. The molecule has 10 heteroatoms. The SMILES string of the molecule is [BiH3].[O]=[Ta](=[O])[OH].[O]=[Ta](=[O])[OH].[SrH2]. The van der Waals surface area contributed by atoms with Gasteiger partial charge in [0.05, 0.1) is 0 Å². The van der Waals surface area contributed by atoms with Crippen LogP contribution in [-0.2, 0) is 50.6 Å². The average Bonchev–Trinajstić information content (AvgIpc) is 1.25. The Bertz CT molecular complexity index is 133. The van der Waals surface area contributed by atoms with Crippen LogP contribution in [0.5, 0.6) is 0 Å². The molecule has 0 fully saturated rings. The normalized spacial score (nSPS) is 5.00. The molecule has 0 unspecified atom stereocenters. The van der Waals surface area contributed by atoms with Gasteiger partial charge in [0.1, 0.15) is 0 Å². The van der Waals surface area contributed by atoms with Gasteiger partial charge in [0.2, 0.25) is 0 Å². The predicted octanol–water partition coefficient (Wildman–Crippen LogP) is -3.69. The Morgan fingerprint density at radius 3 is 0.800 bits per heavy atom. The van der Waals surface area contributed by atoms with Crippen LogP contribution in [-0.4, -0.2) is 78.9 Å². The minimum atomic E-state index is -4.09. The van der Waals surface area contributed by atoms with Gasteiger partial charge in [0.15, 0.2) is 0 Å². The third kappa shape index (κ3) is 124. The van der Waals surface area contributed by atoms with Crippen LogP contribution in [0.2, 0.25) is 0 Å². The molecule has 0 aliphatic carbocycles. The zero-order valence-corrected chi connectivity index (χ0v) is 16.1. The van der Waals surface area contributed by atoms with E-state index in [-0.39, 0.29) is 71.7 Å². The Hall–Kier alpha value is 2.96. The van der Waals surface area contributed by atoms with E-state index >= 15 is 0 Å². The molecule has 0 aromatic rings. The van der Waals surface area contributed by atoms with Crippen molar-refractivity contribution in [2.24, 2.45) is 0 Å². The van der Waals surface area contributed by atoms with Gasteiger partial charge in [-0.25, -0.2) is 0 Å². The van der Waals surface area contributed by atoms with Crippen LogP contribution in [0.1, 0.15) is 0 Å². The first-order valence-electron chi connectivity index (χ1n) is 1.13. The van der Waals surface area contributed by atoms with Gasteiger partial charge >= 0.3 is 129 Å². The molecule has 0 saturated heterocycles. The van der Waals surface area contributed by atoms with Gasteiger partial charge in [-0.05, 0) is 0 Å². The Morgan fingerprint density at radius 2 is 0.800 bits per heavy atom. The molecule has 10 heavy (non-hydrogen) atoms. The third-order valence-electron chi connectivity index (χ3n) is 0. The molecule has 6 nitrogen and oxygen atoms in total. The second-order valence-corrected chi connectivity index (χ2v) is 3.89. The zero-order valence-electron chi connectivity index (χ0n) is 4.13. The molecule has 0 aromatic heterocycles. The fourth-order valence-corrected chi connectivity index (χ4v) is 0. The van der Waals surface area contributed by atoms with Gasteiger partial charge in [0, 0.05) is 0 Å². The third-order valence-corrected chi connectivity index (χ3v) is 0. The topological polar surface area (TPSA) is 109 Å². The molecule has 0 aliphatic rings. The van der Waals surface area contributed by atoms with Crippen LogP contribution in [0.4, 0.5) is 0 Å². The summed E-state index contributed by atoms with van der Waals surface area (Å²) in [5.74, 6) is 0. The van der Waals surface area contributed by atoms with Crippen LogP contribution < -0.4 is 0 Å². The van der Waals surface area contributed by atoms with Gasteiger partial charge in [0.25, 0.3) is 0 Å². The standard InChI is InChI=1S/Bi.2H2O.4O.Sr.2Ta.5H/h;2*1H2;;;;;;;;;;;;/q;;;;;;;;2*+1;;;;;/p-2. The molecule has 0 spiro atoms. The summed E-state index contributed by atoms with van der Waals surface area (Å²) in [7, 11) is 0. The van der Waals surface area contributed by atoms with E-state index in [1.54, 1.807) is 0 Å². The second-order valence-electron chi connectivity index (χ2n) is 0.476. The van der Waals surface area contributed by atoms with Crippen LogP contribution >= 0.6 is 0 Å². The van der Waals surface area contributed by atoms with Gasteiger partial charge in [-0.15, -0.1) is 0 Å². The van der Waals surface area contributed by atoms with Crippen LogP contribution in [0.15, 0.2) is 0 Å². The van der Waals surface area contributed by atoms with Crippen molar-refractivity contribution in [1.29, 1.82) is 0 Å². The van der Waals surface area contributed by atoms with Crippen molar-refractivity contribution < 1.29 is 57.8 Å². The van der Waals surface area contributed by atoms with Crippen molar-refractivity contribution >= 4 is 71.7 Å². The molecule has 0 aromatic carbocycles. The van der Waals surface area contributed by atoms with Gasteiger partial charge in [-0.1, -0.05) is 0 Å². The summed E-state index contributed by atoms with van der Waals surface area (Å²) < 4.78 is 49.2. The molecule has 0 saturated carbocycles. The molecular formula is H7BiO6SrTa2. The maximum absolute atomic E-state index is 8.73. The molecule has 0 aliphatic heterocycles. The maximum atomic E-state index is 8.73. The van der Waals surface area contributed by atoms with Gasteiger partial charge < -0.3 is 0 Å². The molecule has 0 amide bonds. The number of rotatable bonds is 0. The molecule has 60 valence electrons. The summed E-state index contributed by atoms with van der Waals surface area (Å²) in [6, 6.07) is 0. The van der Waals surface area contributed by atoms with Crippen molar-refractivity contribution in [3.05, 3.63) is 0 Å². The Kier molecular flexibility index (Phi) is 41.3. The molecule has 0 bridgehead atoms. The van der Waals surface area contributed by atoms with Crippen LogP contribution in [0.3, 0.4) is 0 Å². The van der Waals surface area contributed by atoms with E-state index in [0.717, 1.165) is 0 Å². The fourth-order valence-electron chi connectivity index (χ4n) is 0. The van der Waals surface area contributed by atoms with Crippen LogP contribution in [0, 0.1) is 0 Å². The first-order chi connectivity index (χ1) is 3.46. The quantitative estimate of drug-likeness (QED) is 0.247. The predicted molar refractivity (Wildman–Crippen MR) is 25.7 cm³/mol.